The summed E-state index contributed by atoms with van der Waals surface area (Å²) in [6.45, 7) is 2.33. The third-order valence-electron chi connectivity index (χ3n) is 6.42. The van der Waals surface area contributed by atoms with Crippen LogP contribution in [0.3, 0.4) is 0 Å². The number of likely N-dealkylation sites (tertiary alicyclic amines) is 1. The first kappa shape index (κ1) is 18.9. The highest BCUT2D eigenvalue weighted by molar-refractivity contribution is 6.31. The molecule has 27 heavy (non-hydrogen) atoms. The second-order valence-corrected chi connectivity index (χ2v) is 8.58. The van der Waals surface area contributed by atoms with Crippen LogP contribution in [-0.4, -0.2) is 48.3 Å². The molecule has 1 aliphatic carbocycles. The number of rotatable bonds is 4. The first-order chi connectivity index (χ1) is 13.1. The molecule has 1 saturated carbocycles. The maximum Gasteiger partial charge on any atom is 0.234 e. The van der Waals surface area contributed by atoms with Crippen molar-refractivity contribution in [3.05, 3.63) is 34.9 Å². The zero-order valence-corrected chi connectivity index (χ0v) is 16.4. The van der Waals surface area contributed by atoms with Crippen LogP contribution >= 0.6 is 11.6 Å². The van der Waals surface area contributed by atoms with E-state index in [0.29, 0.717) is 42.5 Å². The number of hydrogen-bond acceptors (Lipinski definition) is 4. The molecule has 2 aliphatic heterocycles. The van der Waals surface area contributed by atoms with Gasteiger partial charge in [-0.2, -0.15) is 0 Å². The van der Waals surface area contributed by atoms with Gasteiger partial charge in [0, 0.05) is 48.6 Å². The molecule has 0 bridgehead atoms. The molecular formula is C21H28ClN3O2. The molecule has 2 N–H and O–H groups in total. The van der Waals surface area contributed by atoms with Gasteiger partial charge in [0.2, 0.25) is 5.91 Å². The number of hydrogen-bond donors (Lipinski definition) is 2. The topological polar surface area (TPSA) is 61.4 Å². The third-order valence-corrected chi connectivity index (χ3v) is 6.79. The van der Waals surface area contributed by atoms with Crippen molar-refractivity contribution < 1.29 is 9.59 Å². The normalized spacial score (nSPS) is 31.1. The van der Waals surface area contributed by atoms with Gasteiger partial charge in [-0.15, -0.1) is 0 Å². The van der Waals surface area contributed by atoms with Crippen molar-refractivity contribution in [1.29, 1.82) is 0 Å². The highest BCUT2D eigenvalue weighted by Gasteiger charge is 2.46. The van der Waals surface area contributed by atoms with E-state index < -0.39 is 0 Å². The smallest absolute Gasteiger partial charge is 0.234 e. The fraction of sp³-hybridized carbons (Fsp3) is 0.619. The van der Waals surface area contributed by atoms with E-state index in [1.54, 1.807) is 0 Å². The van der Waals surface area contributed by atoms with Crippen molar-refractivity contribution in [2.24, 2.45) is 11.8 Å². The van der Waals surface area contributed by atoms with Gasteiger partial charge >= 0.3 is 0 Å². The van der Waals surface area contributed by atoms with Crippen LogP contribution in [0.25, 0.3) is 0 Å². The summed E-state index contributed by atoms with van der Waals surface area (Å²) in [5, 5.41) is 7.37. The number of benzene rings is 1. The van der Waals surface area contributed by atoms with Gasteiger partial charge in [0.15, 0.2) is 0 Å². The first-order valence-electron chi connectivity index (χ1n) is 10.1. The van der Waals surface area contributed by atoms with Crippen molar-refractivity contribution in [1.82, 2.24) is 15.5 Å². The molecule has 1 amide bonds. The number of ketones is 1. The summed E-state index contributed by atoms with van der Waals surface area (Å²) in [4.78, 5) is 27.5. The predicted octanol–water partition coefficient (Wildman–Crippen LogP) is 2.38. The maximum absolute atomic E-state index is 13.0. The first-order valence-corrected chi connectivity index (χ1v) is 10.5. The Bertz CT molecular complexity index is 710. The summed E-state index contributed by atoms with van der Waals surface area (Å²) in [6, 6.07) is 8.22. The van der Waals surface area contributed by atoms with Gasteiger partial charge in [-0.1, -0.05) is 42.6 Å². The van der Waals surface area contributed by atoms with Crippen LogP contribution in [0.1, 0.15) is 37.7 Å². The van der Waals surface area contributed by atoms with Crippen molar-refractivity contribution in [2.45, 2.75) is 50.7 Å². The molecular weight excluding hydrogens is 362 g/mol. The number of halogens is 1. The van der Waals surface area contributed by atoms with Crippen LogP contribution in [0.5, 0.6) is 0 Å². The summed E-state index contributed by atoms with van der Waals surface area (Å²) in [5.41, 5.74) is 0.918. The lowest BCUT2D eigenvalue weighted by molar-refractivity contribution is -0.136. The van der Waals surface area contributed by atoms with Gasteiger partial charge in [-0.05, 0) is 30.9 Å². The minimum absolute atomic E-state index is 0.0138. The molecule has 2 saturated heterocycles. The van der Waals surface area contributed by atoms with Crippen molar-refractivity contribution >= 4 is 23.3 Å². The highest BCUT2D eigenvalue weighted by atomic mass is 35.5. The van der Waals surface area contributed by atoms with Crippen molar-refractivity contribution in [2.75, 3.05) is 19.6 Å². The molecule has 4 rings (SSSR count). The second kappa shape index (κ2) is 8.29. The Kier molecular flexibility index (Phi) is 5.81. The number of carbonyl (C=O) groups excluding carboxylic acids is 2. The van der Waals surface area contributed by atoms with Gasteiger partial charge in [0.25, 0.3) is 0 Å². The quantitative estimate of drug-likeness (QED) is 0.830. The average molecular weight is 390 g/mol. The molecule has 0 aromatic heterocycles. The van der Waals surface area contributed by atoms with Crippen LogP contribution in [0, 0.1) is 11.8 Å². The molecule has 3 fully saturated rings. The lowest BCUT2D eigenvalue weighted by Crippen LogP contribution is -2.63. The molecule has 4 atom stereocenters. The molecule has 0 radical (unpaired) electrons. The fourth-order valence-corrected chi connectivity index (χ4v) is 5.17. The van der Waals surface area contributed by atoms with Gasteiger partial charge < -0.3 is 10.6 Å². The molecule has 2 heterocycles. The summed E-state index contributed by atoms with van der Waals surface area (Å²) < 4.78 is 0. The Labute approximate surface area is 165 Å². The third kappa shape index (κ3) is 4.20. The standard InChI is InChI=1S/C21H28ClN3O2/c22-17-7-3-1-5-14(17)11-23-20(26)13-25-10-9-19-16(12-25)21(27)15-6-2-4-8-18(15)24-19/h1,3,5,7,15-16,18-19,24H,2,4,6,8-13H2,(H,23,26). The molecule has 3 aliphatic rings. The lowest BCUT2D eigenvalue weighted by atomic mass is 9.70. The van der Waals surface area contributed by atoms with Crippen LogP contribution < -0.4 is 10.6 Å². The zero-order valence-electron chi connectivity index (χ0n) is 15.6. The molecule has 6 heteroatoms. The molecule has 5 nitrogen and oxygen atoms in total. The number of nitrogens with zero attached hydrogens (tertiary/aromatic N) is 1. The van der Waals surface area contributed by atoms with E-state index in [-0.39, 0.29) is 17.7 Å². The summed E-state index contributed by atoms with van der Waals surface area (Å²) >= 11 is 6.14. The predicted molar refractivity (Wildman–Crippen MR) is 106 cm³/mol. The largest absolute Gasteiger partial charge is 0.351 e. The van der Waals surface area contributed by atoms with E-state index in [1.165, 1.54) is 12.8 Å². The second-order valence-electron chi connectivity index (χ2n) is 8.17. The van der Waals surface area contributed by atoms with E-state index in [9.17, 15) is 9.59 Å². The molecule has 1 aromatic rings. The molecule has 1 aromatic carbocycles. The number of Topliss-reactive ketones (excluding diaryl/α,β-unsaturated/α-hetero) is 1. The number of fused-ring (bicyclic) bond motifs is 2. The van der Waals surface area contributed by atoms with Gasteiger partial charge in [0.1, 0.15) is 5.78 Å². The Morgan fingerprint density at radius 1 is 1.15 bits per heavy atom. The Balaban J connectivity index is 1.30. The average Bonchev–Trinajstić information content (AvgIpc) is 2.68. The Hall–Kier alpha value is -1.43. The highest BCUT2D eigenvalue weighted by Crippen LogP contribution is 2.35. The monoisotopic (exact) mass is 389 g/mol. The Morgan fingerprint density at radius 3 is 2.78 bits per heavy atom. The number of carbonyl (C=O) groups is 2. The van der Waals surface area contributed by atoms with Crippen LogP contribution in [-0.2, 0) is 16.1 Å². The van der Waals surface area contributed by atoms with Crippen molar-refractivity contribution in [3.63, 3.8) is 0 Å². The molecule has 4 unspecified atom stereocenters. The molecule has 0 spiro atoms. The SMILES string of the molecule is O=C(CN1CCC2NC3CCCCC3C(=O)C2C1)NCc1ccccc1Cl. The minimum atomic E-state index is -0.0138. The van der Waals surface area contributed by atoms with E-state index in [1.807, 2.05) is 24.3 Å². The fourth-order valence-electron chi connectivity index (χ4n) is 4.97. The van der Waals surface area contributed by atoms with Crippen LogP contribution in [0.15, 0.2) is 24.3 Å². The summed E-state index contributed by atoms with van der Waals surface area (Å²) in [5.74, 6) is 0.647. The maximum atomic E-state index is 13.0. The van der Waals surface area contributed by atoms with E-state index >= 15 is 0 Å². The number of amides is 1. The number of piperidine rings is 2. The zero-order chi connectivity index (χ0) is 18.8. The minimum Gasteiger partial charge on any atom is -0.351 e. The lowest BCUT2D eigenvalue weighted by Gasteiger charge is -2.48. The van der Waals surface area contributed by atoms with E-state index in [2.05, 4.69) is 15.5 Å². The summed E-state index contributed by atoms with van der Waals surface area (Å²) in [7, 11) is 0. The van der Waals surface area contributed by atoms with Crippen molar-refractivity contribution in [3.8, 4) is 0 Å². The van der Waals surface area contributed by atoms with Gasteiger partial charge in [0.05, 0.1) is 6.54 Å². The summed E-state index contributed by atoms with van der Waals surface area (Å²) in [6.07, 6.45) is 5.50. The number of nitrogens with one attached hydrogen (secondary N) is 2. The van der Waals surface area contributed by atoms with Crippen LogP contribution in [0.4, 0.5) is 0 Å². The Morgan fingerprint density at radius 2 is 1.93 bits per heavy atom. The van der Waals surface area contributed by atoms with E-state index in [4.69, 9.17) is 11.6 Å². The van der Waals surface area contributed by atoms with Gasteiger partial charge in [-0.25, -0.2) is 0 Å². The van der Waals surface area contributed by atoms with Gasteiger partial charge in [-0.3, -0.25) is 14.5 Å². The van der Waals surface area contributed by atoms with E-state index in [0.717, 1.165) is 31.4 Å². The molecule has 146 valence electrons. The van der Waals surface area contributed by atoms with Crippen LogP contribution in [0.2, 0.25) is 5.02 Å².